The first-order valence-electron chi connectivity index (χ1n) is 9.07. The smallest absolute Gasteiger partial charge is 0.261 e. The number of carbonyl (C=O) groups is 3. The van der Waals surface area contributed by atoms with Gasteiger partial charge in [0.15, 0.2) is 12.4 Å². The maximum absolute atomic E-state index is 13.0. The third-order valence-corrected chi connectivity index (χ3v) is 4.74. The number of halogens is 1. The molecule has 1 saturated heterocycles. The number of ether oxygens (including phenoxy) is 1. The highest BCUT2D eigenvalue weighted by Gasteiger charge is 2.30. The molecule has 2 N–H and O–H groups in total. The van der Waals surface area contributed by atoms with Gasteiger partial charge < -0.3 is 15.4 Å². The van der Waals surface area contributed by atoms with Crippen LogP contribution in [0.15, 0.2) is 48.5 Å². The van der Waals surface area contributed by atoms with E-state index >= 15 is 0 Å². The largest absolute Gasteiger partial charge is 0.484 e. The lowest BCUT2D eigenvalue weighted by Gasteiger charge is -2.33. The number of ketones is 1. The van der Waals surface area contributed by atoms with Crippen molar-refractivity contribution in [1.82, 2.24) is 4.90 Å². The standard InChI is InChI=1S/C21H21FN2O4/c22-16-8-4-14(5-9-16)20(26)15-6-10-17(11-7-15)28-13-19(25)24-12-2-1-3-18(24)21(23)27/h4-11,18H,1-3,12-13H2,(H2,23,27). The monoisotopic (exact) mass is 384 g/mol. The molecule has 2 aromatic carbocycles. The number of amides is 2. The predicted molar refractivity (Wildman–Crippen MR) is 100 cm³/mol. The molecule has 2 aromatic rings. The van der Waals surface area contributed by atoms with E-state index in [2.05, 4.69) is 0 Å². The second-order valence-corrected chi connectivity index (χ2v) is 6.65. The van der Waals surface area contributed by atoms with Gasteiger partial charge in [0.1, 0.15) is 17.6 Å². The Balaban J connectivity index is 1.59. The molecule has 0 spiro atoms. The molecule has 146 valence electrons. The molecule has 0 saturated carbocycles. The average molecular weight is 384 g/mol. The van der Waals surface area contributed by atoms with E-state index in [1.807, 2.05) is 0 Å². The van der Waals surface area contributed by atoms with E-state index in [-0.39, 0.29) is 18.3 Å². The van der Waals surface area contributed by atoms with Gasteiger partial charge in [-0.15, -0.1) is 0 Å². The quantitative estimate of drug-likeness (QED) is 0.774. The first-order valence-corrected chi connectivity index (χ1v) is 9.07. The molecule has 1 atom stereocenters. The molecule has 0 aromatic heterocycles. The fourth-order valence-electron chi connectivity index (χ4n) is 3.22. The first kappa shape index (κ1) is 19.5. The minimum Gasteiger partial charge on any atom is -0.484 e. The Morgan fingerprint density at radius 3 is 2.21 bits per heavy atom. The molecule has 1 unspecified atom stereocenters. The summed E-state index contributed by atoms with van der Waals surface area (Å²) in [7, 11) is 0. The van der Waals surface area contributed by atoms with Crippen molar-refractivity contribution >= 4 is 17.6 Å². The van der Waals surface area contributed by atoms with Crippen LogP contribution >= 0.6 is 0 Å². The van der Waals surface area contributed by atoms with Gasteiger partial charge in [0.05, 0.1) is 0 Å². The maximum atomic E-state index is 13.0. The van der Waals surface area contributed by atoms with Crippen LogP contribution in [0.2, 0.25) is 0 Å². The Kier molecular flexibility index (Phi) is 6.03. The van der Waals surface area contributed by atoms with Crippen molar-refractivity contribution in [3.8, 4) is 5.75 Å². The van der Waals surface area contributed by atoms with Crippen molar-refractivity contribution in [3.63, 3.8) is 0 Å². The summed E-state index contributed by atoms with van der Waals surface area (Å²) in [6.07, 6.45) is 2.26. The fourth-order valence-corrected chi connectivity index (χ4v) is 3.22. The Bertz CT molecular complexity index is 865. The van der Waals surface area contributed by atoms with E-state index in [0.717, 1.165) is 12.8 Å². The van der Waals surface area contributed by atoms with E-state index in [1.54, 1.807) is 24.3 Å². The Morgan fingerprint density at radius 1 is 1.00 bits per heavy atom. The van der Waals surface area contributed by atoms with E-state index in [1.165, 1.54) is 29.2 Å². The van der Waals surface area contributed by atoms with Crippen LogP contribution in [0, 0.1) is 5.82 Å². The van der Waals surface area contributed by atoms with Crippen LogP contribution in [0.4, 0.5) is 4.39 Å². The number of nitrogens with two attached hydrogens (primary N) is 1. The summed E-state index contributed by atoms with van der Waals surface area (Å²) in [5.74, 6) is -1.01. The number of rotatable bonds is 6. The highest BCUT2D eigenvalue weighted by molar-refractivity contribution is 6.09. The van der Waals surface area contributed by atoms with Gasteiger partial charge in [-0.3, -0.25) is 14.4 Å². The first-order chi connectivity index (χ1) is 13.5. The summed E-state index contributed by atoms with van der Waals surface area (Å²) >= 11 is 0. The van der Waals surface area contributed by atoms with Crippen molar-refractivity contribution < 1.29 is 23.5 Å². The van der Waals surface area contributed by atoms with Gasteiger partial charge in [0, 0.05) is 17.7 Å². The number of benzene rings is 2. The molecule has 1 aliphatic rings. The number of primary amides is 1. The minimum atomic E-state index is -0.583. The molecule has 6 nitrogen and oxygen atoms in total. The van der Waals surface area contributed by atoms with Crippen molar-refractivity contribution in [3.05, 3.63) is 65.5 Å². The Hall–Kier alpha value is -3.22. The number of carbonyl (C=O) groups excluding carboxylic acids is 3. The second kappa shape index (κ2) is 8.65. The zero-order chi connectivity index (χ0) is 20.1. The zero-order valence-corrected chi connectivity index (χ0v) is 15.3. The molecule has 7 heteroatoms. The van der Waals surface area contributed by atoms with Crippen LogP contribution < -0.4 is 10.5 Å². The van der Waals surface area contributed by atoms with E-state index in [0.29, 0.717) is 29.8 Å². The topological polar surface area (TPSA) is 89.7 Å². The molecule has 1 heterocycles. The molecule has 1 aliphatic heterocycles. The molecule has 2 amide bonds. The highest BCUT2D eigenvalue weighted by atomic mass is 19.1. The molecule has 0 bridgehead atoms. The third-order valence-electron chi connectivity index (χ3n) is 4.74. The van der Waals surface area contributed by atoms with E-state index in [4.69, 9.17) is 10.5 Å². The second-order valence-electron chi connectivity index (χ2n) is 6.65. The summed E-state index contributed by atoms with van der Waals surface area (Å²) in [6, 6.07) is 11.1. The molecule has 3 rings (SSSR count). The Morgan fingerprint density at radius 2 is 1.61 bits per heavy atom. The average Bonchev–Trinajstić information content (AvgIpc) is 2.72. The summed E-state index contributed by atoms with van der Waals surface area (Å²) in [6.45, 7) is 0.274. The molecular formula is C21H21FN2O4. The SMILES string of the molecule is NC(=O)C1CCCCN1C(=O)COc1ccc(C(=O)c2ccc(F)cc2)cc1. The fraction of sp³-hybridized carbons (Fsp3) is 0.286. The third kappa shape index (κ3) is 4.54. The lowest BCUT2D eigenvalue weighted by molar-refractivity contribution is -0.142. The van der Waals surface area contributed by atoms with Gasteiger partial charge in [-0.1, -0.05) is 0 Å². The normalized spacial score (nSPS) is 16.5. The van der Waals surface area contributed by atoms with Crippen LogP contribution in [-0.4, -0.2) is 41.7 Å². The number of hydrogen-bond donors (Lipinski definition) is 1. The van der Waals surface area contributed by atoms with Crippen LogP contribution in [-0.2, 0) is 9.59 Å². The van der Waals surface area contributed by atoms with Gasteiger partial charge in [-0.05, 0) is 67.8 Å². The van der Waals surface area contributed by atoms with E-state index in [9.17, 15) is 18.8 Å². The minimum absolute atomic E-state index is 0.213. The number of nitrogens with zero attached hydrogens (tertiary/aromatic N) is 1. The van der Waals surface area contributed by atoms with Crippen molar-refractivity contribution in [1.29, 1.82) is 0 Å². The number of likely N-dealkylation sites (tertiary alicyclic amines) is 1. The number of piperidine rings is 1. The lowest BCUT2D eigenvalue weighted by atomic mass is 10.0. The maximum Gasteiger partial charge on any atom is 0.261 e. The number of hydrogen-bond acceptors (Lipinski definition) is 4. The highest BCUT2D eigenvalue weighted by Crippen LogP contribution is 2.19. The van der Waals surface area contributed by atoms with Crippen molar-refractivity contribution in [2.24, 2.45) is 5.73 Å². The summed E-state index contributed by atoms with van der Waals surface area (Å²) in [5.41, 5.74) is 6.19. The van der Waals surface area contributed by atoms with Crippen molar-refractivity contribution in [2.45, 2.75) is 25.3 Å². The summed E-state index contributed by atoms with van der Waals surface area (Å²) < 4.78 is 18.5. The summed E-state index contributed by atoms with van der Waals surface area (Å²) in [5, 5.41) is 0. The van der Waals surface area contributed by atoms with Gasteiger partial charge >= 0.3 is 0 Å². The van der Waals surface area contributed by atoms with Crippen LogP contribution in [0.1, 0.15) is 35.2 Å². The van der Waals surface area contributed by atoms with Gasteiger partial charge in [0.2, 0.25) is 5.91 Å². The van der Waals surface area contributed by atoms with Gasteiger partial charge in [-0.2, -0.15) is 0 Å². The van der Waals surface area contributed by atoms with Gasteiger partial charge in [-0.25, -0.2) is 4.39 Å². The molecule has 0 radical (unpaired) electrons. The van der Waals surface area contributed by atoms with Crippen LogP contribution in [0.5, 0.6) is 5.75 Å². The zero-order valence-electron chi connectivity index (χ0n) is 15.3. The molecule has 0 aliphatic carbocycles. The summed E-state index contributed by atoms with van der Waals surface area (Å²) in [4.78, 5) is 37.7. The van der Waals surface area contributed by atoms with Crippen LogP contribution in [0.3, 0.4) is 0 Å². The molecule has 1 fully saturated rings. The molecular weight excluding hydrogens is 363 g/mol. The predicted octanol–water partition coefficient (Wildman–Crippen LogP) is 2.30. The lowest BCUT2D eigenvalue weighted by Crippen LogP contribution is -2.51. The van der Waals surface area contributed by atoms with Crippen LogP contribution in [0.25, 0.3) is 0 Å². The molecule has 28 heavy (non-hydrogen) atoms. The van der Waals surface area contributed by atoms with E-state index < -0.39 is 17.8 Å². The van der Waals surface area contributed by atoms with Crippen molar-refractivity contribution in [2.75, 3.05) is 13.2 Å². The Labute approximate surface area is 162 Å². The van der Waals surface area contributed by atoms with Gasteiger partial charge in [0.25, 0.3) is 5.91 Å².